The number of halogens is 2. The van der Waals surface area contributed by atoms with Gasteiger partial charge < -0.3 is 19.9 Å². The second kappa shape index (κ2) is 9.77. The first kappa shape index (κ1) is 19.8. The summed E-state index contributed by atoms with van der Waals surface area (Å²) in [5.41, 5.74) is 0. The molecule has 0 saturated carbocycles. The molecule has 0 aliphatic carbocycles. The molecular formula is C14H20BrIN6O. The first-order valence-corrected chi connectivity index (χ1v) is 7.69. The van der Waals surface area contributed by atoms with Gasteiger partial charge in [-0.15, -0.1) is 30.4 Å². The Morgan fingerprint density at radius 3 is 2.74 bits per heavy atom. The number of nitrogens with zero attached hydrogens (tertiary/aromatic N) is 5. The summed E-state index contributed by atoms with van der Waals surface area (Å²) >= 11 is 3.36. The average Bonchev–Trinajstić information content (AvgIpc) is 2.56. The molecule has 126 valence electrons. The predicted octanol–water partition coefficient (Wildman–Crippen LogP) is 1.20. The van der Waals surface area contributed by atoms with E-state index in [0.29, 0.717) is 18.4 Å². The van der Waals surface area contributed by atoms with Crippen LogP contribution in [0.2, 0.25) is 0 Å². The molecule has 7 nitrogen and oxygen atoms in total. The molecule has 9 heteroatoms. The van der Waals surface area contributed by atoms with E-state index in [1.165, 1.54) is 0 Å². The van der Waals surface area contributed by atoms with E-state index in [0.717, 1.165) is 36.6 Å². The van der Waals surface area contributed by atoms with Crippen LogP contribution in [0.25, 0.3) is 0 Å². The Labute approximate surface area is 162 Å². The molecule has 1 N–H and O–H groups in total. The fourth-order valence-electron chi connectivity index (χ4n) is 2.22. The third kappa shape index (κ3) is 5.10. The van der Waals surface area contributed by atoms with Gasteiger partial charge >= 0.3 is 0 Å². The standard InChI is InChI=1S/C14H19BrN6O.HI/c1-4-5-17-13(16-2)20-6-8-21(9-7-20)14-18-10-11(15)12(19-14)22-3;/h1,10H,5-9H2,2-3H3,(H,16,17);1H. The zero-order valence-electron chi connectivity index (χ0n) is 13.1. The van der Waals surface area contributed by atoms with Crippen LogP contribution in [0.4, 0.5) is 5.95 Å². The van der Waals surface area contributed by atoms with Crippen LogP contribution in [0.15, 0.2) is 15.7 Å². The van der Waals surface area contributed by atoms with E-state index < -0.39 is 0 Å². The molecular weight excluding hydrogens is 475 g/mol. The van der Waals surface area contributed by atoms with Gasteiger partial charge in [-0.3, -0.25) is 4.99 Å². The van der Waals surface area contributed by atoms with Crippen LogP contribution in [0, 0.1) is 12.3 Å². The highest BCUT2D eigenvalue weighted by Crippen LogP contribution is 2.23. The zero-order valence-corrected chi connectivity index (χ0v) is 17.0. The SMILES string of the molecule is C#CCNC(=NC)N1CCN(c2ncc(Br)c(OC)n2)CC1.I. The molecule has 23 heavy (non-hydrogen) atoms. The van der Waals surface area contributed by atoms with Gasteiger partial charge in [0.05, 0.1) is 24.3 Å². The molecule has 2 heterocycles. The van der Waals surface area contributed by atoms with Crippen LogP contribution >= 0.6 is 39.9 Å². The summed E-state index contributed by atoms with van der Waals surface area (Å²) in [6.45, 7) is 3.74. The predicted molar refractivity (Wildman–Crippen MR) is 106 cm³/mol. The summed E-state index contributed by atoms with van der Waals surface area (Å²) in [6.07, 6.45) is 6.98. The molecule has 0 radical (unpaired) electrons. The minimum Gasteiger partial charge on any atom is -0.480 e. The van der Waals surface area contributed by atoms with Gasteiger partial charge in [-0.2, -0.15) is 4.98 Å². The van der Waals surface area contributed by atoms with E-state index in [9.17, 15) is 0 Å². The van der Waals surface area contributed by atoms with Crippen LogP contribution in [0.3, 0.4) is 0 Å². The lowest BCUT2D eigenvalue weighted by molar-refractivity contribution is 0.367. The number of anilines is 1. The van der Waals surface area contributed by atoms with Crippen molar-refractivity contribution < 1.29 is 4.74 Å². The lowest BCUT2D eigenvalue weighted by Gasteiger charge is -2.36. The fourth-order valence-corrected chi connectivity index (χ4v) is 2.57. The highest BCUT2D eigenvalue weighted by molar-refractivity contribution is 14.0. The first-order chi connectivity index (χ1) is 10.7. The van der Waals surface area contributed by atoms with Gasteiger partial charge in [-0.05, 0) is 15.9 Å². The van der Waals surface area contributed by atoms with Crippen molar-refractivity contribution in [2.24, 2.45) is 4.99 Å². The minimum absolute atomic E-state index is 0. The van der Waals surface area contributed by atoms with Gasteiger partial charge in [0.1, 0.15) is 0 Å². The Bertz CT molecular complexity index is 583. The second-order valence-electron chi connectivity index (χ2n) is 4.61. The lowest BCUT2D eigenvalue weighted by atomic mass is 10.3. The highest BCUT2D eigenvalue weighted by Gasteiger charge is 2.21. The molecule has 2 rings (SSSR count). The van der Waals surface area contributed by atoms with Gasteiger partial charge in [0.2, 0.25) is 11.8 Å². The summed E-state index contributed by atoms with van der Waals surface area (Å²) in [5, 5.41) is 3.13. The van der Waals surface area contributed by atoms with Crippen molar-refractivity contribution in [3.63, 3.8) is 0 Å². The number of rotatable bonds is 3. The van der Waals surface area contributed by atoms with E-state index in [1.54, 1.807) is 20.4 Å². The van der Waals surface area contributed by atoms with Crippen molar-refractivity contribution in [2.75, 3.05) is 51.8 Å². The number of methoxy groups -OCH3 is 1. The van der Waals surface area contributed by atoms with Crippen LogP contribution in [-0.4, -0.2) is 67.7 Å². The summed E-state index contributed by atoms with van der Waals surface area (Å²) in [7, 11) is 3.35. The average molecular weight is 495 g/mol. The summed E-state index contributed by atoms with van der Waals surface area (Å²) in [6, 6.07) is 0. The Morgan fingerprint density at radius 2 is 2.17 bits per heavy atom. The molecule has 1 aliphatic rings. The maximum Gasteiger partial charge on any atom is 0.232 e. The monoisotopic (exact) mass is 494 g/mol. The van der Waals surface area contributed by atoms with Crippen LogP contribution in [-0.2, 0) is 0 Å². The molecule has 0 unspecified atom stereocenters. The third-order valence-electron chi connectivity index (χ3n) is 3.31. The normalized spacial score (nSPS) is 14.8. The number of hydrogen-bond acceptors (Lipinski definition) is 5. The second-order valence-corrected chi connectivity index (χ2v) is 5.46. The van der Waals surface area contributed by atoms with E-state index in [1.807, 2.05) is 0 Å². The smallest absolute Gasteiger partial charge is 0.232 e. The molecule has 1 aromatic heterocycles. The zero-order chi connectivity index (χ0) is 15.9. The number of ether oxygens (including phenoxy) is 1. The molecule has 0 amide bonds. The molecule has 1 fully saturated rings. The van der Waals surface area contributed by atoms with Gasteiger partial charge in [0.25, 0.3) is 0 Å². The van der Waals surface area contributed by atoms with Crippen LogP contribution in [0.5, 0.6) is 5.88 Å². The number of hydrogen-bond donors (Lipinski definition) is 1. The molecule has 0 atom stereocenters. The maximum atomic E-state index is 5.27. The van der Waals surface area contributed by atoms with E-state index in [2.05, 4.69) is 51.9 Å². The lowest BCUT2D eigenvalue weighted by Crippen LogP contribution is -2.53. The summed E-state index contributed by atoms with van der Waals surface area (Å²) in [5.74, 6) is 4.60. The van der Waals surface area contributed by atoms with Gasteiger partial charge in [-0.1, -0.05) is 5.92 Å². The maximum absolute atomic E-state index is 5.27. The van der Waals surface area contributed by atoms with Crippen LogP contribution < -0.4 is 15.0 Å². The molecule has 0 spiro atoms. The van der Waals surface area contributed by atoms with Crippen LogP contribution in [0.1, 0.15) is 0 Å². The van der Waals surface area contributed by atoms with Crippen molar-refractivity contribution in [3.05, 3.63) is 10.7 Å². The molecule has 1 saturated heterocycles. The number of guanidine groups is 1. The quantitative estimate of drug-likeness (QED) is 0.295. The fraction of sp³-hybridized carbons (Fsp3) is 0.500. The number of aromatic nitrogens is 2. The Morgan fingerprint density at radius 1 is 1.48 bits per heavy atom. The van der Waals surface area contributed by atoms with Gasteiger partial charge in [0.15, 0.2) is 5.96 Å². The minimum atomic E-state index is 0. The number of nitrogens with one attached hydrogen (secondary N) is 1. The first-order valence-electron chi connectivity index (χ1n) is 6.90. The third-order valence-corrected chi connectivity index (χ3v) is 3.86. The Kier molecular flexibility index (Phi) is 8.40. The van der Waals surface area contributed by atoms with Crippen molar-refractivity contribution in [1.82, 2.24) is 20.2 Å². The number of aliphatic imine (C=N–C) groups is 1. The van der Waals surface area contributed by atoms with Crippen molar-refractivity contribution >= 4 is 51.8 Å². The molecule has 1 aliphatic heterocycles. The number of terminal acetylenes is 1. The molecule has 0 aromatic carbocycles. The van der Waals surface area contributed by atoms with Gasteiger partial charge in [0, 0.05) is 33.2 Å². The van der Waals surface area contributed by atoms with E-state index in [-0.39, 0.29) is 24.0 Å². The molecule has 0 bridgehead atoms. The summed E-state index contributed by atoms with van der Waals surface area (Å²) in [4.78, 5) is 17.3. The van der Waals surface area contributed by atoms with E-state index in [4.69, 9.17) is 11.2 Å². The highest BCUT2D eigenvalue weighted by atomic mass is 127. The Balaban J connectivity index is 0.00000264. The Hall–Kier alpha value is -1.28. The van der Waals surface area contributed by atoms with Crippen molar-refractivity contribution in [2.45, 2.75) is 0 Å². The largest absolute Gasteiger partial charge is 0.480 e. The van der Waals surface area contributed by atoms with Crippen molar-refractivity contribution in [1.29, 1.82) is 0 Å². The van der Waals surface area contributed by atoms with E-state index >= 15 is 0 Å². The molecule has 1 aromatic rings. The number of piperazine rings is 1. The topological polar surface area (TPSA) is 65.9 Å². The summed E-state index contributed by atoms with van der Waals surface area (Å²) < 4.78 is 5.96. The van der Waals surface area contributed by atoms with Crippen molar-refractivity contribution in [3.8, 4) is 18.2 Å². The van der Waals surface area contributed by atoms with Gasteiger partial charge in [-0.25, -0.2) is 4.98 Å².